The summed E-state index contributed by atoms with van der Waals surface area (Å²) in [7, 11) is -2.56. The van der Waals surface area contributed by atoms with Crippen LogP contribution in [-0.4, -0.2) is 31.2 Å². The average molecular weight is 305 g/mol. The van der Waals surface area contributed by atoms with Gasteiger partial charge in [-0.05, 0) is 0 Å². The number of sulfonamides is 1. The lowest BCUT2D eigenvalue weighted by molar-refractivity contribution is -0.383. The fourth-order valence-corrected chi connectivity index (χ4v) is 3.83. The van der Waals surface area contributed by atoms with E-state index in [1.807, 2.05) is 6.07 Å². The maximum atomic E-state index is 12.1. The summed E-state index contributed by atoms with van der Waals surface area (Å²) in [4.78, 5) is 10.0. The zero-order valence-electron chi connectivity index (χ0n) is 9.86. The Balaban J connectivity index is 3.16. The lowest BCUT2D eigenvalue weighted by Gasteiger charge is -2.13. The Labute approximate surface area is 113 Å². The Hall–Kier alpha value is -1.74. The zero-order valence-corrected chi connectivity index (χ0v) is 11.5. The van der Waals surface area contributed by atoms with E-state index in [2.05, 4.69) is 5.43 Å². The van der Waals surface area contributed by atoms with Crippen molar-refractivity contribution in [2.45, 2.75) is 10.6 Å². The Morgan fingerprint density at radius 2 is 2.32 bits per heavy atom. The SMILES string of the molecule is CN(CCC#N)S(=O)(=O)c1cc([N+](=O)[O-])c(NN)s1. The molecular weight excluding hydrogens is 294 g/mol. The lowest BCUT2D eigenvalue weighted by Crippen LogP contribution is -2.27. The van der Waals surface area contributed by atoms with Crippen LogP contribution in [0.15, 0.2) is 10.3 Å². The summed E-state index contributed by atoms with van der Waals surface area (Å²) < 4.78 is 24.9. The second-order valence-electron chi connectivity index (χ2n) is 3.42. The van der Waals surface area contributed by atoms with Gasteiger partial charge in [0.05, 0.1) is 11.0 Å². The molecule has 9 nitrogen and oxygen atoms in total. The summed E-state index contributed by atoms with van der Waals surface area (Å²) in [6.45, 7) is 0.00984. The van der Waals surface area contributed by atoms with Gasteiger partial charge in [0, 0.05) is 26.1 Å². The van der Waals surface area contributed by atoms with E-state index < -0.39 is 20.6 Å². The molecule has 0 bridgehead atoms. The zero-order chi connectivity index (χ0) is 14.6. The minimum atomic E-state index is -3.86. The number of anilines is 1. The quantitative estimate of drug-likeness (QED) is 0.442. The molecular formula is C8H11N5O4S2. The number of nitro groups is 1. The van der Waals surface area contributed by atoms with Crippen LogP contribution in [0, 0.1) is 21.4 Å². The van der Waals surface area contributed by atoms with Crippen molar-refractivity contribution in [2.75, 3.05) is 19.0 Å². The molecule has 0 saturated carbocycles. The number of hydrogen-bond donors (Lipinski definition) is 2. The number of thiophene rings is 1. The number of hydrogen-bond acceptors (Lipinski definition) is 8. The van der Waals surface area contributed by atoms with Crippen molar-refractivity contribution in [3.8, 4) is 6.07 Å². The first-order valence-corrected chi connectivity index (χ1v) is 7.18. The summed E-state index contributed by atoms with van der Waals surface area (Å²) in [5.41, 5.74) is 1.69. The van der Waals surface area contributed by atoms with E-state index in [4.69, 9.17) is 11.1 Å². The van der Waals surface area contributed by atoms with Crippen LogP contribution in [0.25, 0.3) is 0 Å². The summed E-state index contributed by atoms with van der Waals surface area (Å²) in [6.07, 6.45) is 0.0329. The number of hydrazine groups is 1. The highest BCUT2D eigenvalue weighted by Crippen LogP contribution is 2.37. The first-order chi connectivity index (χ1) is 8.84. The van der Waals surface area contributed by atoms with Crippen LogP contribution >= 0.6 is 11.3 Å². The predicted octanol–water partition coefficient (Wildman–Crippen LogP) is 0.476. The van der Waals surface area contributed by atoms with Crippen LogP contribution in [0.3, 0.4) is 0 Å². The Bertz CT molecular complexity index is 618. The van der Waals surface area contributed by atoms with Gasteiger partial charge in [0.15, 0.2) is 5.00 Å². The molecule has 0 amide bonds. The normalized spacial score (nSPS) is 11.3. The molecule has 0 atom stereocenters. The third-order valence-corrected chi connectivity index (χ3v) is 5.58. The fourth-order valence-electron chi connectivity index (χ4n) is 1.21. The highest BCUT2D eigenvalue weighted by Gasteiger charge is 2.28. The van der Waals surface area contributed by atoms with Crippen molar-refractivity contribution in [3.63, 3.8) is 0 Å². The summed E-state index contributed by atoms with van der Waals surface area (Å²) in [5, 5.41) is 19.1. The first kappa shape index (κ1) is 15.3. The van der Waals surface area contributed by atoms with Crippen molar-refractivity contribution >= 4 is 32.0 Å². The fraction of sp³-hybridized carbons (Fsp3) is 0.375. The van der Waals surface area contributed by atoms with Gasteiger partial charge in [-0.2, -0.15) is 9.57 Å². The summed E-state index contributed by atoms with van der Waals surface area (Å²) >= 11 is 0.666. The van der Waals surface area contributed by atoms with Crippen molar-refractivity contribution in [1.29, 1.82) is 5.26 Å². The van der Waals surface area contributed by atoms with Crippen molar-refractivity contribution in [1.82, 2.24) is 4.31 Å². The van der Waals surface area contributed by atoms with Crippen LogP contribution in [0.4, 0.5) is 10.7 Å². The standard InChI is InChI=1S/C8H11N5O4S2/c1-12(4-2-3-9)19(16,17)7-5-6(13(14)15)8(11-10)18-7/h5,11H,2,4,10H2,1H3. The highest BCUT2D eigenvalue weighted by atomic mass is 32.2. The molecule has 0 aliphatic heterocycles. The summed E-state index contributed by atoms with van der Waals surface area (Å²) in [5.74, 6) is 5.11. The van der Waals surface area contributed by atoms with Crippen molar-refractivity contribution in [3.05, 3.63) is 16.2 Å². The Kier molecular flexibility index (Phi) is 4.78. The highest BCUT2D eigenvalue weighted by molar-refractivity contribution is 7.91. The number of nitrogens with one attached hydrogen (secondary N) is 1. The largest absolute Gasteiger partial charge is 0.310 e. The third-order valence-electron chi connectivity index (χ3n) is 2.22. The Morgan fingerprint density at radius 1 is 1.68 bits per heavy atom. The molecule has 1 heterocycles. The van der Waals surface area contributed by atoms with Crippen LogP contribution in [0.5, 0.6) is 0 Å². The minimum absolute atomic E-state index is 0.00984. The average Bonchev–Trinajstić information content (AvgIpc) is 2.80. The molecule has 0 unspecified atom stereocenters. The maximum absolute atomic E-state index is 12.1. The number of nitrogens with zero attached hydrogens (tertiary/aromatic N) is 3. The van der Waals surface area contributed by atoms with Gasteiger partial charge < -0.3 is 5.43 Å². The lowest BCUT2D eigenvalue weighted by atomic mass is 10.5. The van der Waals surface area contributed by atoms with Gasteiger partial charge in [-0.3, -0.25) is 10.1 Å². The molecule has 0 aromatic carbocycles. The van der Waals surface area contributed by atoms with Gasteiger partial charge in [-0.1, -0.05) is 11.3 Å². The third kappa shape index (κ3) is 3.18. The van der Waals surface area contributed by atoms with Gasteiger partial charge in [0.1, 0.15) is 4.21 Å². The molecule has 0 spiro atoms. The smallest absolute Gasteiger partial charge is 0.306 e. The first-order valence-electron chi connectivity index (χ1n) is 4.92. The number of rotatable bonds is 6. The van der Waals surface area contributed by atoms with Crippen LogP contribution in [0.1, 0.15) is 6.42 Å². The van der Waals surface area contributed by atoms with E-state index in [-0.39, 0.29) is 22.2 Å². The molecule has 0 saturated heterocycles. The molecule has 3 N–H and O–H groups in total. The molecule has 0 radical (unpaired) electrons. The molecule has 1 aromatic rings. The topological polar surface area (TPSA) is 142 Å². The van der Waals surface area contributed by atoms with Gasteiger partial charge in [0.25, 0.3) is 10.0 Å². The van der Waals surface area contributed by atoms with Gasteiger partial charge in [0.2, 0.25) is 0 Å². The Morgan fingerprint density at radius 3 is 2.74 bits per heavy atom. The molecule has 19 heavy (non-hydrogen) atoms. The molecule has 0 fully saturated rings. The van der Waals surface area contributed by atoms with E-state index in [0.717, 1.165) is 10.4 Å². The van der Waals surface area contributed by atoms with Crippen LogP contribution < -0.4 is 11.3 Å². The van der Waals surface area contributed by atoms with E-state index in [1.54, 1.807) is 0 Å². The molecule has 0 aliphatic rings. The molecule has 11 heteroatoms. The van der Waals surface area contributed by atoms with Crippen LogP contribution in [0.2, 0.25) is 0 Å². The minimum Gasteiger partial charge on any atom is -0.310 e. The number of nitrogen functional groups attached to an aromatic ring is 1. The van der Waals surface area contributed by atoms with E-state index in [0.29, 0.717) is 11.3 Å². The predicted molar refractivity (Wildman–Crippen MR) is 68.8 cm³/mol. The van der Waals surface area contributed by atoms with E-state index in [9.17, 15) is 18.5 Å². The van der Waals surface area contributed by atoms with Gasteiger partial charge in [-0.25, -0.2) is 14.3 Å². The second kappa shape index (κ2) is 5.93. The van der Waals surface area contributed by atoms with E-state index in [1.165, 1.54) is 7.05 Å². The number of nitriles is 1. The molecule has 104 valence electrons. The second-order valence-corrected chi connectivity index (χ2v) is 6.74. The maximum Gasteiger partial charge on any atom is 0.306 e. The van der Waals surface area contributed by atoms with Crippen molar-refractivity contribution < 1.29 is 13.3 Å². The van der Waals surface area contributed by atoms with Crippen LogP contribution in [-0.2, 0) is 10.0 Å². The molecule has 1 rings (SSSR count). The molecule has 0 aliphatic carbocycles. The summed E-state index contributed by atoms with van der Waals surface area (Å²) in [6, 6.07) is 2.77. The van der Waals surface area contributed by atoms with E-state index >= 15 is 0 Å². The monoisotopic (exact) mass is 305 g/mol. The molecule has 1 aromatic heterocycles. The van der Waals surface area contributed by atoms with Crippen molar-refractivity contribution in [2.24, 2.45) is 5.84 Å². The number of nitrogens with two attached hydrogens (primary N) is 1. The van der Waals surface area contributed by atoms with Gasteiger partial charge in [-0.15, -0.1) is 0 Å². The van der Waals surface area contributed by atoms with Gasteiger partial charge >= 0.3 is 5.69 Å².